The van der Waals surface area contributed by atoms with Gasteiger partial charge in [0.05, 0.1) is 0 Å². The SMILES string of the molecule is Cc1ccc(N(c2ccc(C)cc2)c2cc(C)c(-c3ccc(/C=N/CC(C)(C)C/N=C/c4ccc(-c5c(C)cc(N(c6ccc(C)cc6)c6ccc(C)cc6)cc5C)cc4O)c(O)c3)c(C)c2)cc1. The Hall–Kier alpha value is -7.70. The third kappa shape index (κ3) is 11.0. The summed E-state index contributed by atoms with van der Waals surface area (Å²) in [6.45, 7) is 22.2. The number of hydrogen-bond acceptors (Lipinski definition) is 6. The molecule has 0 saturated heterocycles. The van der Waals surface area contributed by atoms with Crippen molar-refractivity contribution in [3.05, 3.63) is 213 Å². The highest BCUT2D eigenvalue weighted by Crippen LogP contribution is 2.42. The Morgan fingerprint density at radius 3 is 0.913 bits per heavy atom. The first-order chi connectivity index (χ1) is 33.0. The number of nitrogens with zero attached hydrogens (tertiary/aromatic N) is 4. The number of phenols is 2. The number of phenolic OH excluding ortho intramolecular Hbond substituents is 2. The molecule has 348 valence electrons. The molecule has 69 heavy (non-hydrogen) atoms. The van der Waals surface area contributed by atoms with Crippen LogP contribution in [0, 0.1) is 60.8 Å². The van der Waals surface area contributed by atoms with Crippen LogP contribution in [0.25, 0.3) is 22.3 Å². The van der Waals surface area contributed by atoms with Crippen LogP contribution in [0.3, 0.4) is 0 Å². The van der Waals surface area contributed by atoms with Gasteiger partial charge in [-0.15, -0.1) is 0 Å². The molecule has 0 fully saturated rings. The molecule has 8 rings (SSSR count). The average molecular weight is 909 g/mol. The van der Waals surface area contributed by atoms with Crippen molar-refractivity contribution in [2.24, 2.45) is 15.4 Å². The Morgan fingerprint density at radius 2 is 0.652 bits per heavy atom. The van der Waals surface area contributed by atoms with Gasteiger partial charge in [-0.3, -0.25) is 9.98 Å². The summed E-state index contributed by atoms with van der Waals surface area (Å²) in [5.41, 5.74) is 21.1. The van der Waals surface area contributed by atoms with Crippen LogP contribution in [-0.2, 0) is 0 Å². The predicted octanol–water partition coefficient (Wildman–Crippen LogP) is 16.4. The van der Waals surface area contributed by atoms with Gasteiger partial charge in [0.25, 0.3) is 0 Å². The van der Waals surface area contributed by atoms with Gasteiger partial charge in [-0.1, -0.05) is 96.8 Å². The number of hydrogen-bond donors (Lipinski definition) is 2. The standard InChI is InChI=1S/C63H64N4O2/c1-41-11-23-53(24-12-41)66(54-25-13-42(2)14-26-54)57-31-45(5)61(46(6)32-57)49-19-21-51(59(68)35-49)37-64-39-63(9,10)40-65-38-52-22-20-50(36-60(52)69)62-47(7)33-58(34-48(62)8)67(55-27-15-43(3)16-28-55)56-29-17-44(4)18-30-56/h11-38,68-69H,39-40H2,1-10H3/b64-37+,65-38+. The quantitative estimate of drug-likeness (QED) is 0.107. The summed E-state index contributed by atoms with van der Waals surface area (Å²) in [5, 5.41) is 22.5. The molecule has 0 saturated carbocycles. The molecule has 0 radical (unpaired) electrons. The van der Waals surface area contributed by atoms with Crippen molar-refractivity contribution in [2.45, 2.75) is 69.2 Å². The average Bonchev–Trinajstić information content (AvgIpc) is 3.30. The van der Waals surface area contributed by atoms with Crippen molar-refractivity contribution in [3.8, 4) is 33.8 Å². The number of aromatic hydroxyl groups is 2. The summed E-state index contributed by atoms with van der Waals surface area (Å²) in [5.74, 6) is 0.366. The van der Waals surface area contributed by atoms with Crippen molar-refractivity contribution in [2.75, 3.05) is 22.9 Å². The van der Waals surface area contributed by atoms with E-state index in [0.29, 0.717) is 24.2 Å². The van der Waals surface area contributed by atoms with Gasteiger partial charge >= 0.3 is 0 Å². The third-order valence-electron chi connectivity index (χ3n) is 12.9. The lowest BCUT2D eigenvalue weighted by Gasteiger charge is -2.27. The Morgan fingerprint density at radius 1 is 0.377 bits per heavy atom. The maximum atomic E-state index is 11.3. The molecule has 0 bridgehead atoms. The number of rotatable bonds is 14. The zero-order chi connectivity index (χ0) is 49.0. The van der Waals surface area contributed by atoms with E-state index in [0.717, 1.165) is 78.6 Å². The lowest BCUT2D eigenvalue weighted by molar-refractivity contribution is 0.396. The lowest BCUT2D eigenvalue weighted by atomic mass is 9.93. The minimum absolute atomic E-state index is 0.183. The minimum Gasteiger partial charge on any atom is -0.507 e. The van der Waals surface area contributed by atoms with E-state index in [-0.39, 0.29) is 16.9 Å². The Labute approximate surface area is 409 Å². The molecule has 0 spiro atoms. The fourth-order valence-electron chi connectivity index (χ4n) is 9.17. The molecule has 0 heterocycles. The molecule has 0 atom stereocenters. The van der Waals surface area contributed by atoms with E-state index in [1.54, 1.807) is 12.4 Å². The summed E-state index contributed by atoms with van der Waals surface area (Å²) < 4.78 is 0. The van der Waals surface area contributed by atoms with Crippen molar-refractivity contribution >= 4 is 46.6 Å². The van der Waals surface area contributed by atoms with E-state index in [4.69, 9.17) is 9.98 Å². The van der Waals surface area contributed by atoms with Crippen LogP contribution in [0.2, 0.25) is 0 Å². The molecule has 0 amide bonds. The molecule has 2 N–H and O–H groups in total. The van der Waals surface area contributed by atoms with Gasteiger partial charge in [-0.05, 0) is 197 Å². The predicted molar refractivity (Wildman–Crippen MR) is 293 cm³/mol. The van der Waals surface area contributed by atoms with Crippen LogP contribution in [0.15, 0.2) is 168 Å². The largest absolute Gasteiger partial charge is 0.507 e. The summed E-state index contributed by atoms with van der Waals surface area (Å²) in [4.78, 5) is 14.1. The summed E-state index contributed by atoms with van der Waals surface area (Å²) >= 11 is 0. The zero-order valence-corrected chi connectivity index (χ0v) is 41.8. The fraction of sp³-hybridized carbons (Fsp3) is 0.206. The normalized spacial score (nSPS) is 11.7. The van der Waals surface area contributed by atoms with Gasteiger partial charge in [0.15, 0.2) is 0 Å². The van der Waals surface area contributed by atoms with E-state index >= 15 is 0 Å². The lowest BCUT2D eigenvalue weighted by Crippen LogP contribution is -2.19. The number of aryl methyl sites for hydroxylation is 8. The molecule has 0 aliphatic carbocycles. The summed E-state index contributed by atoms with van der Waals surface area (Å²) in [7, 11) is 0. The number of benzene rings is 8. The molecular weight excluding hydrogens is 845 g/mol. The third-order valence-corrected chi connectivity index (χ3v) is 12.9. The van der Waals surface area contributed by atoms with Gasteiger partial charge < -0.3 is 20.0 Å². The second-order valence-electron chi connectivity index (χ2n) is 19.6. The van der Waals surface area contributed by atoms with Crippen LogP contribution in [0.1, 0.15) is 69.5 Å². The van der Waals surface area contributed by atoms with Crippen LogP contribution in [-0.4, -0.2) is 35.7 Å². The van der Waals surface area contributed by atoms with Gasteiger partial charge in [0, 0.05) is 76.2 Å². The van der Waals surface area contributed by atoms with Crippen molar-refractivity contribution in [1.29, 1.82) is 0 Å². The molecular formula is C63H64N4O2. The van der Waals surface area contributed by atoms with E-state index in [1.807, 2.05) is 24.3 Å². The van der Waals surface area contributed by atoms with Crippen molar-refractivity contribution < 1.29 is 10.2 Å². The Balaban J connectivity index is 0.928. The fourth-order valence-corrected chi connectivity index (χ4v) is 9.17. The molecule has 6 heteroatoms. The van der Waals surface area contributed by atoms with E-state index in [1.165, 1.54) is 22.3 Å². The maximum Gasteiger partial charge on any atom is 0.124 e. The second kappa shape index (κ2) is 20.3. The molecule has 6 nitrogen and oxygen atoms in total. The van der Waals surface area contributed by atoms with E-state index < -0.39 is 0 Å². The van der Waals surface area contributed by atoms with Gasteiger partial charge in [0.1, 0.15) is 11.5 Å². The van der Waals surface area contributed by atoms with Gasteiger partial charge in [-0.2, -0.15) is 0 Å². The molecule has 0 aliphatic rings. The zero-order valence-electron chi connectivity index (χ0n) is 41.8. The highest BCUT2D eigenvalue weighted by atomic mass is 16.3. The summed E-state index contributed by atoms with van der Waals surface area (Å²) in [6, 6.07) is 55.1. The molecule has 8 aromatic carbocycles. The second-order valence-corrected chi connectivity index (χ2v) is 19.6. The van der Waals surface area contributed by atoms with Crippen molar-refractivity contribution in [3.63, 3.8) is 0 Å². The topological polar surface area (TPSA) is 71.7 Å². The molecule has 8 aromatic rings. The van der Waals surface area contributed by atoms with Crippen LogP contribution in [0.4, 0.5) is 34.1 Å². The number of anilines is 6. The van der Waals surface area contributed by atoms with Crippen LogP contribution in [0.5, 0.6) is 11.5 Å². The Bertz CT molecular complexity index is 2810. The first kappa shape index (κ1) is 47.8. The van der Waals surface area contributed by atoms with Gasteiger partial charge in [0.2, 0.25) is 0 Å². The van der Waals surface area contributed by atoms with Crippen LogP contribution >= 0.6 is 0 Å². The Kier molecular flexibility index (Phi) is 14.0. The van der Waals surface area contributed by atoms with Crippen LogP contribution < -0.4 is 9.80 Å². The molecule has 0 unspecified atom stereocenters. The minimum atomic E-state index is -0.264. The smallest absolute Gasteiger partial charge is 0.124 e. The van der Waals surface area contributed by atoms with Gasteiger partial charge in [-0.25, -0.2) is 0 Å². The summed E-state index contributed by atoms with van der Waals surface area (Å²) in [6.07, 6.45) is 3.50. The highest BCUT2D eigenvalue weighted by molar-refractivity contribution is 5.89. The van der Waals surface area contributed by atoms with E-state index in [9.17, 15) is 10.2 Å². The highest BCUT2D eigenvalue weighted by Gasteiger charge is 2.20. The van der Waals surface area contributed by atoms with Crippen molar-refractivity contribution in [1.82, 2.24) is 0 Å². The molecule has 0 aliphatic heterocycles. The maximum absolute atomic E-state index is 11.3. The number of aliphatic imine (C=N–C) groups is 2. The van der Waals surface area contributed by atoms with E-state index in [2.05, 4.69) is 212 Å². The monoisotopic (exact) mass is 909 g/mol. The molecule has 0 aromatic heterocycles. The first-order valence-electron chi connectivity index (χ1n) is 23.8. The first-order valence-corrected chi connectivity index (χ1v) is 23.8.